The molecular formula is C15H19N3O. The van der Waals surface area contributed by atoms with Crippen LogP contribution in [0.2, 0.25) is 0 Å². The van der Waals surface area contributed by atoms with Crippen LogP contribution in [0.1, 0.15) is 38.1 Å². The van der Waals surface area contributed by atoms with Gasteiger partial charge >= 0.3 is 0 Å². The van der Waals surface area contributed by atoms with E-state index in [9.17, 15) is 4.79 Å². The highest BCUT2D eigenvalue weighted by Crippen LogP contribution is 2.26. The predicted molar refractivity (Wildman–Crippen MR) is 75.0 cm³/mol. The fourth-order valence-electron chi connectivity index (χ4n) is 2.86. The molecule has 1 aromatic heterocycles. The third-order valence-corrected chi connectivity index (χ3v) is 3.80. The Kier molecular flexibility index (Phi) is 3.23. The molecule has 1 unspecified atom stereocenters. The lowest BCUT2D eigenvalue weighted by molar-refractivity contribution is -0.124. The zero-order valence-electron chi connectivity index (χ0n) is 11.2. The lowest BCUT2D eigenvalue weighted by atomic mass is 10.1. The second kappa shape index (κ2) is 5.03. The molecule has 4 heteroatoms. The summed E-state index contributed by atoms with van der Waals surface area (Å²) in [6, 6.07) is 7.96. The predicted octanol–water partition coefficient (Wildman–Crippen LogP) is 2.44. The highest BCUT2D eigenvalue weighted by molar-refractivity contribution is 5.84. The molecule has 100 valence electrons. The first-order valence-electron chi connectivity index (χ1n) is 7.05. The van der Waals surface area contributed by atoms with Gasteiger partial charge < -0.3 is 9.88 Å². The fraction of sp³-hybridized carbons (Fsp3) is 0.467. The molecule has 1 amide bonds. The first-order chi connectivity index (χ1) is 9.31. The molecule has 3 rings (SSSR count). The lowest BCUT2D eigenvalue weighted by Gasteiger charge is -2.18. The number of carbonyl (C=O) groups is 1. The first kappa shape index (κ1) is 12.2. The first-order valence-corrected chi connectivity index (χ1v) is 7.05. The van der Waals surface area contributed by atoms with Gasteiger partial charge in [0.2, 0.25) is 5.91 Å². The zero-order chi connectivity index (χ0) is 13.2. The van der Waals surface area contributed by atoms with Crippen molar-refractivity contribution in [1.29, 1.82) is 0 Å². The number of carbonyl (C=O) groups excluding carboxylic acids is 1. The number of imidazole rings is 1. The summed E-state index contributed by atoms with van der Waals surface area (Å²) in [4.78, 5) is 16.9. The summed E-state index contributed by atoms with van der Waals surface area (Å²) in [6.45, 7) is 2.88. The van der Waals surface area contributed by atoms with E-state index in [0.717, 1.165) is 49.1 Å². The average molecular weight is 257 g/mol. The van der Waals surface area contributed by atoms with Gasteiger partial charge in [-0.15, -0.1) is 0 Å². The van der Waals surface area contributed by atoms with Crippen LogP contribution in [0.3, 0.4) is 0 Å². The van der Waals surface area contributed by atoms with Crippen molar-refractivity contribution in [2.45, 2.75) is 38.6 Å². The topological polar surface area (TPSA) is 46.9 Å². The molecule has 0 aliphatic carbocycles. The van der Waals surface area contributed by atoms with Gasteiger partial charge in [-0.05, 0) is 31.4 Å². The van der Waals surface area contributed by atoms with Crippen LogP contribution in [0.15, 0.2) is 24.3 Å². The Morgan fingerprint density at radius 2 is 2.21 bits per heavy atom. The molecule has 1 N–H and O–H groups in total. The summed E-state index contributed by atoms with van der Waals surface area (Å²) in [5.74, 6) is 1.14. The van der Waals surface area contributed by atoms with Crippen molar-refractivity contribution < 1.29 is 4.79 Å². The van der Waals surface area contributed by atoms with E-state index in [1.807, 2.05) is 18.2 Å². The number of hydrogen-bond acceptors (Lipinski definition) is 2. The molecule has 0 saturated carbocycles. The fourth-order valence-corrected chi connectivity index (χ4v) is 2.86. The van der Waals surface area contributed by atoms with E-state index in [1.165, 1.54) is 0 Å². The van der Waals surface area contributed by atoms with E-state index < -0.39 is 0 Å². The molecule has 2 aromatic rings. The highest BCUT2D eigenvalue weighted by atomic mass is 16.2. The minimum Gasteiger partial charge on any atom is -0.354 e. The molecular weight excluding hydrogens is 238 g/mol. The molecule has 4 nitrogen and oxygen atoms in total. The number of hydrogen-bond donors (Lipinski definition) is 1. The van der Waals surface area contributed by atoms with Crippen LogP contribution in [-0.2, 0) is 11.2 Å². The molecule has 1 atom stereocenters. The van der Waals surface area contributed by atoms with E-state index in [-0.39, 0.29) is 11.9 Å². The smallest absolute Gasteiger partial charge is 0.243 e. The molecule has 2 heterocycles. The van der Waals surface area contributed by atoms with Crippen molar-refractivity contribution >= 4 is 16.9 Å². The number of nitrogens with zero attached hydrogens (tertiary/aromatic N) is 2. The molecule has 0 radical (unpaired) electrons. The van der Waals surface area contributed by atoms with Crippen LogP contribution in [0, 0.1) is 0 Å². The van der Waals surface area contributed by atoms with Gasteiger partial charge in [0.15, 0.2) is 0 Å². The number of fused-ring (bicyclic) bond motifs is 1. The number of aromatic nitrogens is 2. The van der Waals surface area contributed by atoms with E-state index >= 15 is 0 Å². The normalized spacial score (nSPS) is 20.3. The van der Waals surface area contributed by atoms with Crippen molar-refractivity contribution in [2.24, 2.45) is 0 Å². The largest absolute Gasteiger partial charge is 0.354 e. The van der Waals surface area contributed by atoms with Crippen LogP contribution >= 0.6 is 0 Å². The van der Waals surface area contributed by atoms with Crippen molar-refractivity contribution in [3.63, 3.8) is 0 Å². The maximum Gasteiger partial charge on any atom is 0.243 e. The summed E-state index contributed by atoms with van der Waals surface area (Å²) in [5, 5.41) is 3.01. The van der Waals surface area contributed by atoms with Gasteiger partial charge in [0, 0.05) is 13.0 Å². The Bertz CT molecular complexity index is 602. The summed E-state index contributed by atoms with van der Waals surface area (Å²) in [6.07, 6.45) is 3.90. The SMILES string of the molecule is CCc1nc2ccccc2n1C1CCCCNC1=O. The van der Waals surface area contributed by atoms with E-state index in [4.69, 9.17) is 0 Å². The molecule has 1 aromatic carbocycles. The average Bonchev–Trinajstić information content (AvgIpc) is 2.68. The molecule has 0 bridgehead atoms. The Hall–Kier alpha value is -1.84. The summed E-state index contributed by atoms with van der Waals surface area (Å²) >= 11 is 0. The minimum absolute atomic E-state index is 0.107. The number of aryl methyl sites for hydroxylation is 1. The van der Waals surface area contributed by atoms with Gasteiger partial charge in [-0.3, -0.25) is 4.79 Å². The second-order valence-corrected chi connectivity index (χ2v) is 5.04. The van der Waals surface area contributed by atoms with Crippen molar-refractivity contribution in [3.05, 3.63) is 30.1 Å². The lowest BCUT2D eigenvalue weighted by Crippen LogP contribution is -2.31. The summed E-state index contributed by atoms with van der Waals surface area (Å²) < 4.78 is 2.13. The van der Waals surface area contributed by atoms with Gasteiger partial charge in [-0.1, -0.05) is 19.1 Å². The van der Waals surface area contributed by atoms with Gasteiger partial charge in [-0.25, -0.2) is 4.98 Å². The maximum absolute atomic E-state index is 12.3. The van der Waals surface area contributed by atoms with Crippen molar-refractivity contribution in [3.8, 4) is 0 Å². The molecule has 1 aliphatic heterocycles. The number of benzene rings is 1. The Morgan fingerprint density at radius 3 is 3.05 bits per heavy atom. The van der Waals surface area contributed by atoms with Crippen LogP contribution in [0.5, 0.6) is 0 Å². The molecule has 1 fully saturated rings. The Labute approximate surface area is 112 Å². The van der Waals surface area contributed by atoms with Crippen LogP contribution in [0.25, 0.3) is 11.0 Å². The monoisotopic (exact) mass is 257 g/mol. The number of nitrogens with one attached hydrogen (secondary N) is 1. The molecule has 0 spiro atoms. The van der Waals surface area contributed by atoms with E-state index in [1.54, 1.807) is 0 Å². The van der Waals surface area contributed by atoms with Crippen LogP contribution < -0.4 is 5.32 Å². The third-order valence-electron chi connectivity index (χ3n) is 3.80. The van der Waals surface area contributed by atoms with Crippen molar-refractivity contribution in [1.82, 2.24) is 14.9 Å². The zero-order valence-corrected chi connectivity index (χ0v) is 11.2. The molecule has 1 saturated heterocycles. The summed E-state index contributed by atoms with van der Waals surface area (Å²) in [5.41, 5.74) is 2.05. The van der Waals surface area contributed by atoms with Gasteiger partial charge in [0.1, 0.15) is 11.9 Å². The minimum atomic E-state index is -0.107. The van der Waals surface area contributed by atoms with Gasteiger partial charge in [0.25, 0.3) is 0 Å². The number of para-hydroxylation sites is 2. The Balaban J connectivity index is 2.13. The van der Waals surface area contributed by atoms with Crippen LogP contribution in [0.4, 0.5) is 0 Å². The van der Waals surface area contributed by atoms with E-state index in [2.05, 4.69) is 27.9 Å². The Morgan fingerprint density at radius 1 is 1.37 bits per heavy atom. The number of amides is 1. The highest BCUT2D eigenvalue weighted by Gasteiger charge is 2.25. The van der Waals surface area contributed by atoms with Crippen molar-refractivity contribution in [2.75, 3.05) is 6.54 Å². The quantitative estimate of drug-likeness (QED) is 0.898. The standard InChI is InChI=1S/C15H19N3O/c1-2-14-17-11-7-3-4-8-12(11)18(14)13-9-5-6-10-16-15(13)19/h3-4,7-8,13H,2,5-6,9-10H2,1H3,(H,16,19). The van der Waals surface area contributed by atoms with Gasteiger partial charge in [-0.2, -0.15) is 0 Å². The maximum atomic E-state index is 12.3. The summed E-state index contributed by atoms with van der Waals surface area (Å²) in [7, 11) is 0. The van der Waals surface area contributed by atoms with E-state index in [0.29, 0.717) is 0 Å². The molecule has 19 heavy (non-hydrogen) atoms. The van der Waals surface area contributed by atoms with Crippen LogP contribution in [-0.4, -0.2) is 22.0 Å². The second-order valence-electron chi connectivity index (χ2n) is 5.04. The number of rotatable bonds is 2. The third kappa shape index (κ3) is 2.11. The van der Waals surface area contributed by atoms with Gasteiger partial charge in [0.05, 0.1) is 11.0 Å². The molecule has 1 aliphatic rings.